The van der Waals surface area contributed by atoms with Gasteiger partial charge in [0.15, 0.2) is 0 Å². The average Bonchev–Trinajstić information content (AvgIpc) is 2.31. The van der Waals surface area contributed by atoms with Crippen molar-refractivity contribution in [2.75, 3.05) is 0 Å². The van der Waals surface area contributed by atoms with Crippen LogP contribution in [0.5, 0.6) is 0 Å². The molecule has 0 bridgehead atoms. The lowest BCUT2D eigenvalue weighted by molar-refractivity contribution is 0.209. The molecule has 0 unspecified atom stereocenters. The van der Waals surface area contributed by atoms with Crippen LogP contribution < -0.4 is 0 Å². The van der Waals surface area contributed by atoms with Gasteiger partial charge in [0.25, 0.3) is 0 Å². The summed E-state index contributed by atoms with van der Waals surface area (Å²) in [6.07, 6.45) is 9.34. The third-order valence-electron chi connectivity index (χ3n) is 3.76. The van der Waals surface area contributed by atoms with E-state index in [9.17, 15) is 0 Å². The highest BCUT2D eigenvalue weighted by Crippen LogP contribution is 2.38. The van der Waals surface area contributed by atoms with Crippen molar-refractivity contribution in [1.82, 2.24) is 0 Å². The highest BCUT2D eigenvalue weighted by atomic mass is 14.3. The standard InChI is InChI=1S/C17H28/c1-4-12-17(13-5-2,14-6-3)15-16-10-8-7-9-11-16/h7-11H,4-6,12-15H2,1-3H3. The van der Waals surface area contributed by atoms with Crippen LogP contribution in [0.1, 0.15) is 64.9 Å². The Morgan fingerprint density at radius 2 is 1.24 bits per heavy atom. The first-order valence-corrected chi connectivity index (χ1v) is 7.30. The van der Waals surface area contributed by atoms with Gasteiger partial charge in [0.1, 0.15) is 0 Å². The third-order valence-corrected chi connectivity index (χ3v) is 3.76. The molecule has 0 nitrogen and oxygen atoms in total. The molecule has 0 aliphatic rings. The van der Waals surface area contributed by atoms with Crippen LogP contribution in [-0.4, -0.2) is 0 Å². The van der Waals surface area contributed by atoms with Gasteiger partial charge in [-0.1, -0.05) is 70.4 Å². The third kappa shape index (κ3) is 4.53. The lowest BCUT2D eigenvalue weighted by Gasteiger charge is -2.34. The Hall–Kier alpha value is -0.780. The predicted octanol–water partition coefficient (Wildman–Crippen LogP) is 5.62. The molecule has 1 aromatic rings. The second-order valence-corrected chi connectivity index (χ2v) is 5.41. The summed E-state index contributed by atoms with van der Waals surface area (Å²) in [5.41, 5.74) is 2.07. The Balaban J connectivity index is 2.80. The molecule has 0 amide bonds. The second-order valence-electron chi connectivity index (χ2n) is 5.41. The van der Waals surface area contributed by atoms with Gasteiger partial charge in [-0.15, -0.1) is 0 Å². The molecular formula is C17H28. The smallest absolute Gasteiger partial charge is 0.0222 e. The number of hydrogen-bond donors (Lipinski definition) is 0. The zero-order valence-corrected chi connectivity index (χ0v) is 11.8. The Bertz CT molecular complexity index is 269. The summed E-state index contributed by atoms with van der Waals surface area (Å²) in [6, 6.07) is 11.0. The van der Waals surface area contributed by atoms with E-state index in [0.29, 0.717) is 5.41 Å². The van der Waals surface area contributed by atoms with E-state index in [4.69, 9.17) is 0 Å². The molecule has 0 atom stereocenters. The van der Waals surface area contributed by atoms with E-state index >= 15 is 0 Å². The molecule has 1 aromatic carbocycles. The quantitative estimate of drug-likeness (QED) is 0.546. The van der Waals surface area contributed by atoms with E-state index < -0.39 is 0 Å². The Morgan fingerprint density at radius 3 is 1.65 bits per heavy atom. The van der Waals surface area contributed by atoms with Crippen LogP contribution in [-0.2, 0) is 6.42 Å². The van der Waals surface area contributed by atoms with E-state index in [2.05, 4.69) is 51.1 Å². The van der Waals surface area contributed by atoms with Gasteiger partial charge in [-0.3, -0.25) is 0 Å². The molecule has 0 heteroatoms. The van der Waals surface area contributed by atoms with Crippen LogP contribution in [0, 0.1) is 5.41 Å². The minimum atomic E-state index is 0.555. The Labute approximate surface area is 107 Å². The van der Waals surface area contributed by atoms with E-state index in [1.165, 1.54) is 50.5 Å². The van der Waals surface area contributed by atoms with Gasteiger partial charge in [0, 0.05) is 0 Å². The fourth-order valence-electron chi connectivity index (χ4n) is 3.26. The monoisotopic (exact) mass is 232 g/mol. The van der Waals surface area contributed by atoms with Gasteiger partial charge in [-0.2, -0.15) is 0 Å². The summed E-state index contributed by atoms with van der Waals surface area (Å²) in [7, 11) is 0. The van der Waals surface area contributed by atoms with Crippen LogP contribution in [0.2, 0.25) is 0 Å². The molecule has 1 rings (SSSR count). The number of hydrogen-bond acceptors (Lipinski definition) is 0. The van der Waals surface area contributed by atoms with Gasteiger partial charge in [0.2, 0.25) is 0 Å². The van der Waals surface area contributed by atoms with Crippen molar-refractivity contribution in [2.24, 2.45) is 5.41 Å². The van der Waals surface area contributed by atoms with Gasteiger partial charge in [-0.25, -0.2) is 0 Å². The zero-order chi connectivity index (χ0) is 12.6. The molecule has 0 N–H and O–H groups in total. The molecular weight excluding hydrogens is 204 g/mol. The Kier molecular flexibility index (Phi) is 6.32. The van der Waals surface area contributed by atoms with Crippen molar-refractivity contribution in [3.63, 3.8) is 0 Å². The van der Waals surface area contributed by atoms with Crippen molar-refractivity contribution in [1.29, 1.82) is 0 Å². The van der Waals surface area contributed by atoms with Crippen LogP contribution in [0.25, 0.3) is 0 Å². The first-order chi connectivity index (χ1) is 8.26. The maximum atomic E-state index is 2.32. The molecule has 0 heterocycles. The van der Waals surface area contributed by atoms with Crippen molar-refractivity contribution < 1.29 is 0 Å². The molecule has 0 spiro atoms. The Morgan fingerprint density at radius 1 is 0.765 bits per heavy atom. The largest absolute Gasteiger partial charge is 0.0654 e. The zero-order valence-electron chi connectivity index (χ0n) is 11.8. The first-order valence-electron chi connectivity index (χ1n) is 7.30. The molecule has 0 aliphatic heterocycles. The minimum Gasteiger partial charge on any atom is -0.0654 e. The topological polar surface area (TPSA) is 0 Å². The van der Waals surface area contributed by atoms with Gasteiger partial charge < -0.3 is 0 Å². The lowest BCUT2D eigenvalue weighted by atomic mass is 9.71. The van der Waals surface area contributed by atoms with Crippen molar-refractivity contribution in [3.8, 4) is 0 Å². The van der Waals surface area contributed by atoms with E-state index in [-0.39, 0.29) is 0 Å². The van der Waals surface area contributed by atoms with Crippen molar-refractivity contribution in [3.05, 3.63) is 35.9 Å². The number of benzene rings is 1. The van der Waals surface area contributed by atoms with Crippen molar-refractivity contribution >= 4 is 0 Å². The van der Waals surface area contributed by atoms with E-state index in [1.807, 2.05) is 0 Å². The molecule has 0 saturated carbocycles. The van der Waals surface area contributed by atoms with Crippen LogP contribution in [0.15, 0.2) is 30.3 Å². The summed E-state index contributed by atoms with van der Waals surface area (Å²) in [5, 5.41) is 0. The first kappa shape index (κ1) is 14.3. The van der Waals surface area contributed by atoms with E-state index in [1.54, 1.807) is 0 Å². The summed E-state index contributed by atoms with van der Waals surface area (Å²) >= 11 is 0. The fourth-order valence-corrected chi connectivity index (χ4v) is 3.26. The molecule has 0 saturated heterocycles. The highest BCUT2D eigenvalue weighted by Gasteiger charge is 2.27. The van der Waals surface area contributed by atoms with Crippen LogP contribution in [0.3, 0.4) is 0 Å². The van der Waals surface area contributed by atoms with Gasteiger partial charge in [-0.05, 0) is 36.7 Å². The highest BCUT2D eigenvalue weighted by molar-refractivity contribution is 5.16. The van der Waals surface area contributed by atoms with Gasteiger partial charge in [0.05, 0.1) is 0 Å². The summed E-state index contributed by atoms with van der Waals surface area (Å²) in [4.78, 5) is 0. The molecule has 96 valence electrons. The molecule has 0 radical (unpaired) electrons. The molecule has 0 aliphatic carbocycles. The summed E-state index contributed by atoms with van der Waals surface area (Å²) < 4.78 is 0. The minimum absolute atomic E-state index is 0.555. The summed E-state index contributed by atoms with van der Waals surface area (Å²) in [6.45, 7) is 6.97. The second kappa shape index (κ2) is 7.53. The van der Waals surface area contributed by atoms with Crippen LogP contribution in [0.4, 0.5) is 0 Å². The molecule has 0 fully saturated rings. The fraction of sp³-hybridized carbons (Fsp3) is 0.647. The van der Waals surface area contributed by atoms with Gasteiger partial charge >= 0.3 is 0 Å². The summed E-state index contributed by atoms with van der Waals surface area (Å²) in [5.74, 6) is 0. The normalized spacial score (nSPS) is 11.7. The van der Waals surface area contributed by atoms with E-state index in [0.717, 1.165) is 0 Å². The maximum Gasteiger partial charge on any atom is -0.0222 e. The van der Waals surface area contributed by atoms with Crippen molar-refractivity contribution in [2.45, 2.75) is 65.7 Å². The molecule has 17 heavy (non-hydrogen) atoms. The lowest BCUT2D eigenvalue weighted by Crippen LogP contribution is -2.23. The molecule has 0 aromatic heterocycles. The maximum absolute atomic E-state index is 2.32. The number of rotatable bonds is 8. The SMILES string of the molecule is CCCC(CCC)(CCC)Cc1ccccc1. The average molecular weight is 232 g/mol. The predicted molar refractivity (Wildman–Crippen MR) is 77.3 cm³/mol. The van der Waals surface area contributed by atoms with Crippen LogP contribution >= 0.6 is 0 Å².